The highest BCUT2D eigenvalue weighted by Gasteiger charge is 2.29. The second kappa shape index (κ2) is 6.02. The van der Waals surface area contributed by atoms with Crippen molar-refractivity contribution in [1.29, 1.82) is 0 Å². The van der Waals surface area contributed by atoms with Crippen LogP contribution < -0.4 is 10.1 Å². The number of rotatable bonds is 2. The van der Waals surface area contributed by atoms with E-state index in [1.165, 1.54) is 0 Å². The fourth-order valence-electron chi connectivity index (χ4n) is 2.17. The summed E-state index contributed by atoms with van der Waals surface area (Å²) in [5.41, 5.74) is 1.52. The lowest BCUT2D eigenvalue weighted by Crippen LogP contribution is -2.31. The van der Waals surface area contributed by atoms with E-state index >= 15 is 0 Å². The van der Waals surface area contributed by atoms with Gasteiger partial charge in [-0.1, -0.05) is 23.2 Å². The first-order valence-corrected chi connectivity index (χ1v) is 8.07. The van der Waals surface area contributed by atoms with E-state index < -0.39 is 6.10 Å². The highest BCUT2D eigenvalue weighted by Crippen LogP contribution is 2.32. The number of amides is 1. The molecule has 1 aliphatic heterocycles. The maximum Gasteiger partial charge on any atom is 0.265 e. The predicted molar refractivity (Wildman–Crippen MR) is 92.4 cm³/mol. The molecule has 6 heteroatoms. The van der Waals surface area contributed by atoms with Crippen LogP contribution in [0, 0.1) is 3.57 Å². The molecule has 2 aromatic rings. The van der Waals surface area contributed by atoms with Crippen molar-refractivity contribution in [2.45, 2.75) is 12.5 Å². The van der Waals surface area contributed by atoms with Gasteiger partial charge in [0, 0.05) is 15.0 Å². The number of hydrogen-bond acceptors (Lipinski definition) is 2. The van der Waals surface area contributed by atoms with Gasteiger partial charge in [0.15, 0.2) is 6.10 Å². The Labute approximate surface area is 145 Å². The van der Waals surface area contributed by atoms with Gasteiger partial charge in [-0.25, -0.2) is 0 Å². The van der Waals surface area contributed by atoms with E-state index in [0.29, 0.717) is 27.9 Å². The molecule has 3 nitrogen and oxygen atoms in total. The van der Waals surface area contributed by atoms with Crippen LogP contribution in [-0.2, 0) is 11.2 Å². The van der Waals surface area contributed by atoms with Gasteiger partial charge in [0.2, 0.25) is 0 Å². The third kappa shape index (κ3) is 3.27. The molecule has 21 heavy (non-hydrogen) atoms. The van der Waals surface area contributed by atoms with Crippen LogP contribution in [0.1, 0.15) is 5.56 Å². The summed E-state index contributed by atoms with van der Waals surface area (Å²) in [7, 11) is 0. The minimum atomic E-state index is -0.561. The smallest absolute Gasteiger partial charge is 0.265 e. The van der Waals surface area contributed by atoms with Crippen LogP contribution in [0.25, 0.3) is 0 Å². The largest absolute Gasteiger partial charge is 0.480 e. The Balaban J connectivity index is 1.73. The maximum atomic E-state index is 12.3. The van der Waals surface area contributed by atoms with Gasteiger partial charge in [-0.2, -0.15) is 0 Å². The number of carbonyl (C=O) groups excluding carboxylic acids is 1. The summed E-state index contributed by atoms with van der Waals surface area (Å²) in [4.78, 5) is 12.3. The normalized spacial score (nSPS) is 16.2. The van der Waals surface area contributed by atoms with Crippen molar-refractivity contribution in [3.05, 3.63) is 55.6 Å². The van der Waals surface area contributed by atoms with E-state index in [0.717, 1.165) is 9.13 Å². The molecule has 0 aromatic heterocycles. The zero-order valence-corrected chi connectivity index (χ0v) is 14.4. The molecule has 0 fully saturated rings. The van der Waals surface area contributed by atoms with E-state index in [4.69, 9.17) is 27.9 Å². The highest BCUT2D eigenvalue weighted by molar-refractivity contribution is 14.1. The van der Waals surface area contributed by atoms with Crippen molar-refractivity contribution in [2.75, 3.05) is 5.32 Å². The third-order valence-electron chi connectivity index (χ3n) is 3.18. The van der Waals surface area contributed by atoms with Gasteiger partial charge in [0.1, 0.15) is 5.75 Å². The summed E-state index contributed by atoms with van der Waals surface area (Å²) in [5.74, 6) is 0.485. The van der Waals surface area contributed by atoms with Crippen LogP contribution in [0.5, 0.6) is 5.75 Å². The molecule has 0 aliphatic carbocycles. The van der Waals surface area contributed by atoms with Crippen LogP contribution in [0.4, 0.5) is 5.69 Å². The molecule has 2 aromatic carbocycles. The van der Waals surface area contributed by atoms with Crippen LogP contribution in [0.2, 0.25) is 10.0 Å². The zero-order chi connectivity index (χ0) is 15.0. The van der Waals surface area contributed by atoms with Gasteiger partial charge in [0.25, 0.3) is 5.91 Å². The highest BCUT2D eigenvalue weighted by atomic mass is 127. The predicted octanol–water partition coefficient (Wildman–Crippen LogP) is 4.54. The number of halogens is 3. The molecule has 1 atom stereocenters. The number of hydrogen-bond donors (Lipinski definition) is 1. The summed E-state index contributed by atoms with van der Waals surface area (Å²) in [6.45, 7) is 0. The van der Waals surface area contributed by atoms with Gasteiger partial charge in [-0.3, -0.25) is 4.79 Å². The number of nitrogens with one attached hydrogen (secondary N) is 1. The lowest BCUT2D eigenvalue weighted by atomic mass is 10.1. The second-order valence-corrected chi connectivity index (χ2v) is 6.77. The van der Waals surface area contributed by atoms with Crippen LogP contribution in [0.3, 0.4) is 0 Å². The van der Waals surface area contributed by atoms with Crippen LogP contribution in [0.15, 0.2) is 36.4 Å². The second-order valence-electron chi connectivity index (χ2n) is 4.68. The van der Waals surface area contributed by atoms with E-state index in [1.807, 2.05) is 12.1 Å². The Morgan fingerprint density at radius 2 is 2.05 bits per heavy atom. The molecule has 3 rings (SSSR count). The Hall–Kier alpha value is -0.980. The number of benzene rings is 2. The summed E-state index contributed by atoms with van der Waals surface area (Å²) >= 11 is 14.2. The van der Waals surface area contributed by atoms with Gasteiger partial charge in [-0.15, -0.1) is 0 Å². The summed E-state index contributed by atoms with van der Waals surface area (Å²) < 4.78 is 6.65. The SMILES string of the molecule is O=C(Nc1ccc(I)cc1Cl)C1Cc2cc(Cl)ccc2O1. The average molecular weight is 434 g/mol. The van der Waals surface area contributed by atoms with Crippen molar-refractivity contribution < 1.29 is 9.53 Å². The van der Waals surface area contributed by atoms with Crippen molar-refractivity contribution in [2.24, 2.45) is 0 Å². The molecule has 0 saturated carbocycles. The number of anilines is 1. The molecule has 0 saturated heterocycles. The molecule has 0 radical (unpaired) electrons. The molecule has 1 aliphatic rings. The van der Waals surface area contributed by atoms with Gasteiger partial charge < -0.3 is 10.1 Å². The van der Waals surface area contributed by atoms with E-state index in [-0.39, 0.29) is 5.91 Å². The van der Waals surface area contributed by atoms with E-state index in [9.17, 15) is 4.79 Å². The molecule has 1 N–H and O–H groups in total. The lowest BCUT2D eigenvalue weighted by Gasteiger charge is -2.12. The van der Waals surface area contributed by atoms with Crippen molar-refractivity contribution in [3.8, 4) is 5.75 Å². The van der Waals surface area contributed by atoms with E-state index in [1.54, 1.807) is 24.3 Å². The topological polar surface area (TPSA) is 38.3 Å². The van der Waals surface area contributed by atoms with Crippen molar-refractivity contribution >= 4 is 57.4 Å². The van der Waals surface area contributed by atoms with Gasteiger partial charge >= 0.3 is 0 Å². The molecule has 1 amide bonds. The van der Waals surface area contributed by atoms with Crippen molar-refractivity contribution in [1.82, 2.24) is 0 Å². The molecule has 0 bridgehead atoms. The molecular weight excluding hydrogens is 424 g/mol. The summed E-state index contributed by atoms with van der Waals surface area (Å²) in [6.07, 6.45) is -0.0576. The molecule has 1 unspecified atom stereocenters. The number of carbonyl (C=O) groups is 1. The fraction of sp³-hybridized carbons (Fsp3) is 0.133. The fourth-order valence-corrected chi connectivity index (χ4v) is 3.27. The minimum absolute atomic E-state index is 0.217. The van der Waals surface area contributed by atoms with Gasteiger partial charge in [-0.05, 0) is 64.6 Å². The number of fused-ring (bicyclic) bond motifs is 1. The van der Waals surface area contributed by atoms with Crippen LogP contribution >= 0.6 is 45.8 Å². The first kappa shape index (κ1) is 14.9. The molecule has 108 valence electrons. The third-order valence-corrected chi connectivity index (χ3v) is 4.40. The lowest BCUT2D eigenvalue weighted by molar-refractivity contribution is -0.122. The standard InChI is InChI=1S/C15H10Cl2INO2/c16-9-1-4-13-8(5-9)6-14(21-13)15(20)19-12-3-2-10(18)7-11(12)17/h1-5,7,14H,6H2,(H,19,20). The minimum Gasteiger partial charge on any atom is -0.480 e. The van der Waals surface area contributed by atoms with Gasteiger partial charge in [0.05, 0.1) is 10.7 Å². The molecule has 1 heterocycles. The summed E-state index contributed by atoms with van der Waals surface area (Å²) in [6, 6.07) is 10.8. The Morgan fingerprint density at radius 1 is 1.24 bits per heavy atom. The Morgan fingerprint density at radius 3 is 2.81 bits per heavy atom. The monoisotopic (exact) mass is 433 g/mol. The maximum absolute atomic E-state index is 12.3. The molecular formula is C15H10Cl2INO2. The van der Waals surface area contributed by atoms with Crippen molar-refractivity contribution in [3.63, 3.8) is 0 Å². The first-order valence-electron chi connectivity index (χ1n) is 6.24. The first-order chi connectivity index (χ1) is 10.0. The van der Waals surface area contributed by atoms with E-state index in [2.05, 4.69) is 27.9 Å². The average Bonchev–Trinajstić information content (AvgIpc) is 2.85. The Bertz CT molecular complexity index is 721. The van der Waals surface area contributed by atoms with Crippen LogP contribution in [-0.4, -0.2) is 12.0 Å². The quantitative estimate of drug-likeness (QED) is 0.706. The Kier molecular flexibility index (Phi) is 4.28. The zero-order valence-electron chi connectivity index (χ0n) is 10.7. The molecule has 0 spiro atoms. The summed E-state index contributed by atoms with van der Waals surface area (Å²) in [5, 5.41) is 3.94. The number of ether oxygens (including phenoxy) is 1.